The number of carbonyl (C=O) groups excluding carboxylic acids is 3. The van der Waals surface area contributed by atoms with Crippen LogP contribution in [0.5, 0.6) is 0 Å². The summed E-state index contributed by atoms with van der Waals surface area (Å²) in [7, 11) is 5.47. The molecule has 0 fully saturated rings. The summed E-state index contributed by atoms with van der Waals surface area (Å²) in [4.78, 5) is 52.5. The topological polar surface area (TPSA) is 161 Å². The predicted octanol–water partition coefficient (Wildman–Crippen LogP) is 4.13. The zero-order valence-electron chi connectivity index (χ0n) is 28.9. The lowest BCUT2D eigenvalue weighted by molar-refractivity contribution is -0.125. The Morgan fingerprint density at radius 1 is 0.940 bits per heavy atom. The van der Waals surface area contributed by atoms with Gasteiger partial charge in [0.15, 0.2) is 5.13 Å². The van der Waals surface area contributed by atoms with E-state index in [2.05, 4.69) is 31.2 Å². The van der Waals surface area contributed by atoms with E-state index in [-0.39, 0.29) is 25.6 Å². The van der Waals surface area contributed by atoms with Gasteiger partial charge in [-0.2, -0.15) is 0 Å². The lowest BCUT2D eigenvalue weighted by Crippen LogP contribution is -2.55. The molecular formula is C35H46N8O5S2. The van der Waals surface area contributed by atoms with Crippen molar-refractivity contribution in [3.63, 3.8) is 0 Å². The molecule has 15 heteroatoms. The number of amides is 4. The Morgan fingerprint density at radius 3 is 2.26 bits per heavy atom. The number of alkyl carbamates (subject to hydrolysis) is 1. The number of benzene rings is 2. The van der Waals surface area contributed by atoms with E-state index < -0.39 is 42.4 Å². The predicted molar refractivity (Wildman–Crippen MR) is 196 cm³/mol. The second-order valence-electron chi connectivity index (χ2n) is 12.4. The first-order valence-electron chi connectivity index (χ1n) is 16.2. The second-order valence-corrected chi connectivity index (χ2v) is 14.2. The third-order valence-electron chi connectivity index (χ3n) is 7.74. The molecule has 5 N–H and O–H groups in total. The van der Waals surface area contributed by atoms with Gasteiger partial charge in [-0.15, -0.1) is 22.7 Å². The van der Waals surface area contributed by atoms with Gasteiger partial charge in [0.1, 0.15) is 18.8 Å². The highest BCUT2D eigenvalue weighted by Crippen LogP contribution is 2.19. The van der Waals surface area contributed by atoms with Gasteiger partial charge in [-0.25, -0.2) is 14.6 Å². The molecule has 0 bridgehead atoms. The smallest absolute Gasteiger partial charge is 0.407 e. The van der Waals surface area contributed by atoms with Crippen molar-refractivity contribution >= 4 is 45.8 Å². The molecule has 4 rings (SSSR count). The average Bonchev–Trinajstić information content (AvgIpc) is 3.81. The van der Waals surface area contributed by atoms with E-state index in [1.165, 1.54) is 27.6 Å². The van der Waals surface area contributed by atoms with E-state index in [0.717, 1.165) is 26.8 Å². The van der Waals surface area contributed by atoms with Gasteiger partial charge >= 0.3 is 12.1 Å². The fourth-order valence-corrected chi connectivity index (χ4v) is 6.23. The standard InChI is InChI=1S/C35H46N8O5S2/c1-23(2)30(40-33(46)43(5)19-26-21-49-34(38-26)42(3)4)32(45)41-31(25-14-10-7-11-15-25)37-18-29(44)28(16-24-12-8-6-9-13-24)39-35(47)48-20-27-17-36-22-50-27/h6-15,17,21-23,28-31,37,44H,16,18-20H2,1-5H3,(H,39,47)(H,40,46)(H,41,45)/t28-,29-,30?,31?/m0/s1. The van der Waals surface area contributed by atoms with Crippen molar-refractivity contribution in [2.24, 2.45) is 5.92 Å². The third-order valence-corrected chi connectivity index (χ3v) is 9.55. The van der Waals surface area contributed by atoms with Crippen molar-refractivity contribution < 1.29 is 24.2 Å². The van der Waals surface area contributed by atoms with Crippen LogP contribution in [0.25, 0.3) is 0 Å². The number of thiazole rings is 2. The minimum Gasteiger partial charge on any atom is -0.444 e. The first-order chi connectivity index (χ1) is 24.0. The molecule has 4 atom stereocenters. The van der Waals surface area contributed by atoms with Crippen molar-refractivity contribution in [1.82, 2.24) is 36.1 Å². The molecule has 4 aromatic rings. The number of carbonyl (C=O) groups is 3. The van der Waals surface area contributed by atoms with E-state index in [1.807, 2.05) is 98.9 Å². The van der Waals surface area contributed by atoms with Crippen LogP contribution in [0.2, 0.25) is 0 Å². The fourth-order valence-electron chi connectivity index (χ4n) is 4.97. The number of aromatic nitrogens is 2. The summed E-state index contributed by atoms with van der Waals surface area (Å²) in [5.41, 5.74) is 4.07. The SMILES string of the molecule is CC(C)C(NC(=O)N(C)Cc1csc(N(C)C)n1)C(=O)NC(NC[C@H](O)[C@H](Cc1ccccc1)NC(=O)OCc1cncs1)c1ccccc1. The van der Waals surface area contributed by atoms with Crippen LogP contribution in [-0.4, -0.2) is 83.9 Å². The lowest BCUT2D eigenvalue weighted by atomic mass is 10.0. The zero-order valence-corrected chi connectivity index (χ0v) is 30.5. The molecular weight excluding hydrogens is 677 g/mol. The van der Waals surface area contributed by atoms with Crippen molar-refractivity contribution in [3.8, 4) is 0 Å². The normalized spacial score (nSPS) is 13.5. The highest BCUT2D eigenvalue weighted by Gasteiger charge is 2.29. The molecule has 4 amide bonds. The van der Waals surface area contributed by atoms with Crippen LogP contribution in [0.15, 0.2) is 77.8 Å². The van der Waals surface area contributed by atoms with Gasteiger partial charge in [-0.05, 0) is 23.5 Å². The van der Waals surface area contributed by atoms with Gasteiger partial charge in [0.2, 0.25) is 5.91 Å². The van der Waals surface area contributed by atoms with Crippen LogP contribution in [0, 0.1) is 5.92 Å². The number of nitrogens with one attached hydrogen (secondary N) is 4. The number of nitrogens with zero attached hydrogens (tertiary/aromatic N) is 4. The van der Waals surface area contributed by atoms with Crippen molar-refractivity contribution in [1.29, 1.82) is 0 Å². The van der Waals surface area contributed by atoms with Gasteiger partial charge in [0.05, 0.1) is 34.8 Å². The molecule has 50 heavy (non-hydrogen) atoms. The maximum Gasteiger partial charge on any atom is 0.407 e. The molecule has 0 aliphatic rings. The Hall–Kier alpha value is -4.57. The zero-order chi connectivity index (χ0) is 36.0. The first-order valence-corrected chi connectivity index (χ1v) is 18.0. The van der Waals surface area contributed by atoms with Gasteiger partial charge in [0.25, 0.3) is 0 Å². The maximum absolute atomic E-state index is 13.8. The molecule has 0 saturated carbocycles. The number of ether oxygens (including phenoxy) is 1. The Balaban J connectivity index is 1.42. The molecule has 268 valence electrons. The highest BCUT2D eigenvalue weighted by molar-refractivity contribution is 7.13. The largest absolute Gasteiger partial charge is 0.444 e. The molecule has 0 aliphatic carbocycles. The van der Waals surface area contributed by atoms with E-state index in [0.29, 0.717) is 6.42 Å². The molecule has 0 spiro atoms. The molecule has 13 nitrogen and oxygen atoms in total. The number of rotatable bonds is 17. The summed E-state index contributed by atoms with van der Waals surface area (Å²) < 4.78 is 5.38. The van der Waals surface area contributed by atoms with E-state index in [1.54, 1.807) is 18.8 Å². The van der Waals surface area contributed by atoms with Gasteiger partial charge in [-0.1, -0.05) is 74.5 Å². The summed E-state index contributed by atoms with van der Waals surface area (Å²) in [6.45, 7) is 4.08. The summed E-state index contributed by atoms with van der Waals surface area (Å²) in [6, 6.07) is 16.8. The molecule has 2 heterocycles. The Morgan fingerprint density at radius 2 is 1.64 bits per heavy atom. The minimum atomic E-state index is -1.07. The van der Waals surface area contributed by atoms with Crippen LogP contribution in [0.4, 0.5) is 14.7 Å². The van der Waals surface area contributed by atoms with Crippen LogP contribution in [-0.2, 0) is 29.1 Å². The molecule has 2 aromatic carbocycles. The van der Waals surface area contributed by atoms with E-state index >= 15 is 0 Å². The first kappa shape index (κ1) is 38.2. The minimum absolute atomic E-state index is 0.0104. The van der Waals surface area contributed by atoms with Crippen LogP contribution in [0.1, 0.15) is 41.7 Å². The van der Waals surface area contributed by atoms with E-state index in [4.69, 9.17) is 4.74 Å². The Kier molecular flexibility index (Phi) is 14.5. The Labute approximate surface area is 301 Å². The molecule has 0 radical (unpaired) electrons. The van der Waals surface area contributed by atoms with Crippen molar-refractivity contribution in [2.75, 3.05) is 32.6 Å². The highest BCUT2D eigenvalue weighted by atomic mass is 32.1. The number of aliphatic hydroxyl groups is 1. The number of hydrogen-bond donors (Lipinski definition) is 5. The van der Waals surface area contributed by atoms with Gasteiger partial charge in [-0.3, -0.25) is 15.1 Å². The average molecular weight is 723 g/mol. The van der Waals surface area contributed by atoms with Gasteiger partial charge < -0.3 is 35.6 Å². The second kappa shape index (κ2) is 19.0. The van der Waals surface area contributed by atoms with E-state index in [9.17, 15) is 19.5 Å². The van der Waals surface area contributed by atoms with Crippen LogP contribution >= 0.6 is 22.7 Å². The third kappa shape index (κ3) is 11.8. The molecule has 0 saturated heterocycles. The van der Waals surface area contributed by atoms with Crippen molar-refractivity contribution in [2.45, 2.75) is 57.8 Å². The number of hydrogen-bond acceptors (Lipinski definition) is 11. The maximum atomic E-state index is 13.8. The fraction of sp³-hybridized carbons (Fsp3) is 0.400. The quantitative estimate of drug-likeness (QED) is 0.101. The summed E-state index contributed by atoms with van der Waals surface area (Å²) in [5.74, 6) is -0.629. The van der Waals surface area contributed by atoms with Crippen molar-refractivity contribution in [3.05, 3.63) is 99.4 Å². The number of anilines is 1. The molecule has 2 aromatic heterocycles. The number of aliphatic hydroxyl groups excluding tert-OH is 1. The van der Waals surface area contributed by atoms with Crippen LogP contribution < -0.4 is 26.2 Å². The van der Waals surface area contributed by atoms with Gasteiger partial charge in [0, 0.05) is 39.3 Å². The summed E-state index contributed by atoms with van der Waals surface area (Å²) in [5, 5.41) is 26.1. The summed E-state index contributed by atoms with van der Waals surface area (Å²) in [6.07, 6.45) is -0.479. The van der Waals surface area contributed by atoms with Crippen LogP contribution in [0.3, 0.4) is 0 Å². The lowest BCUT2D eigenvalue weighted by Gasteiger charge is -2.30. The monoisotopic (exact) mass is 722 g/mol. The molecule has 2 unspecified atom stereocenters. The summed E-state index contributed by atoms with van der Waals surface area (Å²) >= 11 is 2.87. The Bertz CT molecular complexity index is 1620. The molecule has 0 aliphatic heterocycles. The number of urea groups is 1.